The maximum atomic E-state index is 14.3. The Morgan fingerprint density at radius 2 is 2.03 bits per heavy atom. The van der Waals surface area contributed by atoms with Gasteiger partial charge in [-0.1, -0.05) is 22.5 Å². The Labute approximate surface area is 198 Å². The summed E-state index contributed by atoms with van der Waals surface area (Å²) in [5.74, 6) is -0.0376. The van der Waals surface area contributed by atoms with E-state index in [2.05, 4.69) is 48.4 Å². The molecule has 0 atom stereocenters. The van der Waals surface area contributed by atoms with Gasteiger partial charge in [0.25, 0.3) is 0 Å². The van der Waals surface area contributed by atoms with Crippen molar-refractivity contribution in [1.29, 1.82) is 0 Å². The number of ether oxygens (including phenoxy) is 1. The molecule has 0 bridgehead atoms. The number of fused-ring (bicyclic) bond motifs is 1. The van der Waals surface area contributed by atoms with Crippen LogP contribution in [0, 0.1) is 5.82 Å². The molecule has 0 spiro atoms. The molecule has 3 rings (SSSR count). The van der Waals surface area contributed by atoms with E-state index >= 15 is 0 Å². The number of rotatable bonds is 12. The molecule has 3 N–H and O–H groups in total. The Morgan fingerprint density at radius 3 is 2.79 bits per heavy atom. The van der Waals surface area contributed by atoms with Crippen molar-refractivity contribution in [3.05, 3.63) is 59.6 Å². The highest BCUT2D eigenvalue weighted by Gasteiger charge is 2.14. The number of nitrogens with one attached hydrogen (secondary N) is 3. The van der Waals surface area contributed by atoms with E-state index in [4.69, 9.17) is 4.74 Å². The monoisotopic (exact) mass is 515 g/mol. The van der Waals surface area contributed by atoms with Crippen LogP contribution < -0.4 is 20.7 Å². The van der Waals surface area contributed by atoms with Crippen molar-refractivity contribution in [2.45, 2.75) is 12.8 Å². The van der Waals surface area contributed by atoms with Gasteiger partial charge in [0.05, 0.1) is 23.5 Å². The number of nitrogens with zero attached hydrogens (tertiary/aromatic N) is 2. The standard InChI is InChI=1S/C23H23BrFN5O3/c1-2-22(32)29-20-12-16-19(13-21(20)33-10-4-8-26-7-3-9-31)27-14-28-23(16)30-18-6-5-15(24)11-17(18)25/h2,5-6,9,11-14,26H,1,3-4,7-8,10H2,(H,29,32)(H,27,28,30). The maximum Gasteiger partial charge on any atom is 0.247 e. The Hall–Kier alpha value is -3.37. The van der Waals surface area contributed by atoms with Crippen LogP contribution in [0.15, 0.2) is 53.8 Å². The minimum atomic E-state index is -0.446. The van der Waals surface area contributed by atoms with Gasteiger partial charge in [-0.05, 0) is 43.3 Å². The normalized spacial score (nSPS) is 10.6. The van der Waals surface area contributed by atoms with Crippen molar-refractivity contribution >= 4 is 56.2 Å². The van der Waals surface area contributed by atoms with Gasteiger partial charge in [0.2, 0.25) is 5.91 Å². The molecular formula is C23H23BrFN5O3. The molecule has 1 amide bonds. The summed E-state index contributed by atoms with van der Waals surface area (Å²) in [5, 5.41) is 9.42. The molecular weight excluding hydrogens is 493 g/mol. The number of carbonyl (C=O) groups is 2. The van der Waals surface area contributed by atoms with Gasteiger partial charge in [-0.3, -0.25) is 4.79 Å². The van der Waals surface area contributed by atoms with Gasteiger partial charge in [-0.2, -0.15) is 0 Å². The minimum absolute atomic E-state index is 0.247. The summed E-state index contributed by atoms with van der Waals surface area (Å²) in [6.07, 6.45) is 4.55. The highest BCUT2D eigenvalue weighted by molar-refractivity contribution is 9.10. The van der Waals surface area contributed by atoms with Gasteiger partial charge in [0.15, 0.2) is 0 Å². The molecule has 1 aromatic heterocycles. The molecule has 0 radical (unpaired) electrons. The Morgan fingerprint density at radius 1 is 1.18 bits per heavy atom. The molecule has 0 saturated heterocycles. The third-order valence-corrected chi connectivity index (χ3v) is 5.05. The molecule has 0 aliphatic rings. The van der Waals surface area contributed by atoms with Crippen molar-refractivity contribution in [2.75, 3.05) is 30.3 Å². The zero-order valence-corrected chi connectivity index (χ0v) is 19.3. The second-order valence-corrected chi connectivity index (χ2v) is 7.85. The minimum Gasteiger partial charge on any atom is -0.491 e. The van der Waals surface area contributed by atoms with E-state index in [1.165, 1.54) is 12.4 Å². The summed E-state index contributed by atoms with van der Waals surface area (Å²) >= 11 is 3.24. The van der Waals surface area contributed by atoms with Crippen molar-refractivity contribution < 1.29 is 18.7 Å². The molecule has 2 aromatic carbocycles. The first-order chi connectivity index (χ1) is 16.0. The van der Waals surface area contributed by atoms with Crippen LogP contribution in [-0.2, 0) is 9.59 Å². The fourth-order valence-corrected chi connectivity index (χ4v) is 3.30. The molecule has 172 valence electrons. The molecule has 3 aromatic rings. The van der Waals surface area contributed by atoms with Crippen LogP contribution in [0.5, 0.6) is 5.75 Å². The lowest BCUT2D eigenvalue weighted by Gasteiger charge is -2.15. The molecule has 0 saturated carbocycles. The SMILES string of the molecule is C=CC(=O)Nc1cc2c(Nc3ccc(Br)cc3F)ncnc2cc1OCCCNCCC=O. The van der Waals surface area contributed by atoms with E-state index in [0.717, 1.165) is 12.4 Å². The topological polar surface area (TPSA) is 105 Å². The van der Waals surface area contributed by atoms with Gasteiger partial charge >= 0.3 is 0 Å². The van der Waals surface area contributed by atoms with Gasteiger partial charge in [0.1, 0.15) is 30.0 Å². The van der Waals surface area contributed by atoms with E-state index in [1.807, 2.05) is 0 Å². The summed E-state index contributed by atoms with van der Waals surface area (Å²) in [4.78, 5) is 30.9. The highest BCUT2D eigenvalue weighted by Crippen LogP contribution is 2.34. The lowest BCUT2D eigenvalue weighted by molar-refractivity contribution is -0.112. The van der Waals surface area contributed by atoms with Gasteiger partial charge in [-0.25, -0.2) is 14.4 Å². The van der Waals surface area contributed by atoms with Crippen LogP contribution in [0.3, 0.4) is 0 Å². The number of hydrogen-bond donors (Lipinski definition) is 3. The molecule has 1 heterocycles. The highest BCUT2D eigenvalue weighted by atomic mass is 79.9. The fourth-order valence-electron chi connectivity index (χ4n) is 2.97. The summed E-state index contributed by atoms with van der Waals surface area (Å²) in [6.45, 7) is 5.17. The predicted octanol–water partition coefficient (Wildman–Crippen LogP) is 4.35. The van der Waals surface area contributed by atoms with Gasteiger partial charge in [0, 0.05) is 28.9 Å². The third-order valence-electron chi connectivity index (χ3n) is 4.56. The van der Waals surface area contributed by atoms with Crippen molar-refractivity contribution in [2.24, 2.45) is 0 Å². The van der Waals surface area contributed by atoms with Crippen LogP contribution in [0.1, 0.15) is 12.8 Å². The first-order valence-corrected chi connectivity index (χ1v) is 11.0. The largest absolute Gasteiger partial charge is 0.491 e. The summed E-state index contributed by atoms with van der Waals surface area (Å²) in [7, 11) is 0. The zero-order valence-electron chi connectivity index (χ0n) is 17.7. The second-order valence-electron chi connectivity index (χ2n) is 6.94. The van der Waals surface area contributed by atoms with E-state index < -0.39 is 11.7 Å². The fraction of sp³-hybridized carbons (Fsp3) is 0.217. The number of hydrogen-bond acceptors (Lipinski definition) is 7. The number of aromatic nitrogens is 2. The smallest absolute Gasteiger partial charge is 0.247 e. The summed E-state index contributed by atoms with van der Waals surface area (Å²) in [6, 6.07) is 8.02. The molecule has 10 heteroatoms. The van der Waals surface area contributed by atoms with Crippen LogP contribution in [0.4, 0.5) is 21.6 Å². The lowest BCUT2D eigenvalue weighted by Crippen LogP contribution is -2.19. The summed E-state index contributed by atoms with van der Waals surface area (Å²) in [5.41, 5.74) is 1.22. The van der Waals surface area contributed by atoms with E-state index in [9.17, 15) is 14.0 Å². The second kappa shape index (κ2) is 12.0. The van der Waals surface area contributed by atoms with Crippen LogP contribution >= 0.6 is 15.9 Å². The average molecular weight is 516 g/mol. The first kappa shape index (κ1) is 24.3. The molecule has 8 nitrogen and oxygen atoms in total. The van der Waals surface area contributed by atoms with Crippen LogP contribution in [0.25, 0.3) is 10.9 Å². The molecule has 0 fully saturated rings. The van der Waals surface area contributed by atoms with Gasteiger partial charge in [-0.15, -0.1) is 0 Å². The first-order valence-electron chi connectivity index (χ1n) is 10.2. The van der Waals surface area contributed by atoms with Crippen molar-refractivity contribution in [3.8, 4) is 5.75 Å². The summed E-state index contributed by atoms with van der Waals surface area (Å²) < 4.78 is 20.8. The van der Waals surface area contributed by atoms with Crippen LogP contribution in [-0.4, -0.2) is 41.9 Å². The Kier molecular flexibility index (Phi) is 8.85. The van der Waals surface area contributed by atoms with Crippen molar-refractivity contribution in [3.63, 3.8) is 0 Å². The maximum absolute atomic E-state index is 14.3. The lowest BCUT2D eigenvalue weighted by atomic mass is 10.1. The molecule has 0 aliphatic heterocycles. The molecule has 0 aliphatic carbocycles. The predicted molar refractivity (Wildman–Crippen MR) is 129 cm³/mol. The molecule has 0 unspecified atom stereocenters. The Balaban J connectivity index is 1.85. The Bertz CT molecular complexity index is 1160. The number of halogens is 2. The third kappa shape index (κ3) is 6.80. The number of aldehydes is 1. The van der Waals surface area contributed by atoms with Crippen LogP contribution in [0.2, 0.25) is 0 Å². The zero-order chi connectivity index (χ0) is 23.6. The van der Waals surface area contributed by atoms with Crippen molar-refractivity contribution in [1.82, 2.24) is 15.3 Å². The number of anilines is 3. The number of carbonyl (C=O) groups excluding carboxylic acids is 2. The quantitative estimate of drug-likeness (QED) is 0.187. The average Bonchev–Trinajstić information content (AvgIpc) is 2.80. The molecule has 33 heavy (non-hydrogen) atoms. The number of amides is 1. The van der Waals surface area contributed by atoms with E-state index in [0.29, 0.717) is 65.2 Å². The van der Waals surface area contributed by atoms with Gasteiger partial charge < -0.3 is 25.5 Å². The number of benzene rings is 2. The van der Waals surface area contributed by atoms with E-state index in [-0.39, 0.29) is 5.69 Å². The van der Waals surface area contributed by atoms with E-state index in [1.54, 1.807) is 24.3 Å².